The molecule has 0 radical (unpaired) electrons. The molecule has 0 saturated carbocycles. The molecule has 0 amide bonds. The molecule has 8 heteroatoms. The van der Waals surface area contributed by atoms with Gasteiger partial charge in [0.15, 0.2) is 0 Å². The van der Waals surface area contributed by atoms with Crippen LogP contribution in [0.5, 0.6) is 5.75 Å². The molecule has 1 unspecified atom stereocenters. The lowest BCUT2D eigenvalue weighted by Crippen LogP contribution is -2.36. The van der Waals surface area contributed by atoms with Gasteiger partial charge in [-0.05, 0) is 24.9 Å². The molecule has 1 atom stereocenters. The summed E-state index contributed by atoms with van der Waals surface area (Å²) in [6.07, 6.45) is 0.398. The summed E-state index contributed by atoms with van der Waals surface area (Å²) >= 11 is 1.45. The zero-order chi connectivity index (χ0) is 22.4. The number of hydrogen-bond acceptors (Lipinski definition) is 7. The predicted octanol–water partition coefficient (Wildman–Crippen LogP) is 3.52. The van der Waals surface area contributed by atoms with Crippen LogP contribution in [-0.2, 0) is 11.3 Å². The maximum absolute atomic E-state index is 13.0. The number of hydrogen-bond donors (Lipinski definition) is 2. The first-order valence-electron chi connectivity index (χ1n) is 10.5. The number of benzene rings is 1. The fraction of sp³-hybridized carbons (Fsp3) is 0.478. The maximum atomic E-state index is 13.0. The molecule has 7 nitrogen and oxygen atoms in total. The van der Waals surface area contributed by atoms with E-state index < -0.39 is 6.10 Å². The van der Waals surface area contributed by atoms with Crippen LogP contribution >= 0.6 is 11.3 Å². The summed E-state index contributed by atoms with van der Waals surface area (Å²) in [5, 5.41) is 12.7. The Balaban J connectivity index is 1.89. The number of methoxy groups -OCH3 is 2. The highest BCUT2D eigenvalue weighted by Gasteiger charge is 2.18. The number of para-hydroxylation sites is 1. The van der Waals surface area contributed by atoms with Gasteiger partial charge in [-0.15, -0.1) is 11.3 Å². The number of aromatic nitrogens is 2. The van der Waals surface area contributed by atoms with Crippen LogP contribution in [0.1, 0.15) is 26.1 Å². The van der Waals surface area contributed by atoms with Crippen molar-refractivity contribution in [2.75, 3.05) is 33.9 Å². The first-order chi connectivity index (χ1) is 14.9. The van der Waals surface area contributed by atoms with Crippen molar-refractivity contribution in [3.63, 3.8) is 0 Å². The Morgan fingerprint density at radius 1 is 1.23 bits per heavy atom. The number of H-pyrrole nitrogens is 1. The van der Waals surface area contributed by atoms with Crippen molar-refractivity contribution in [3.05, 3.63) is 45.8 Å². The summed E-state index contributed by atoms with van der Waals surface area (Å²) in [5.41, 5.74) is 1.53. The van der Waals surface area contributed by atoms with E-state index in [0.29, 0.717) is 35.0 Å². The third-order valence-electron chi connectivity index (χ3n) is 5.11. The van der Waals surface area contributed by atoms with Gasteiger partial charge in [-0.1, -0.05) is 32.0 Å². The highest BCUT2D eigenvalue weighted by atomic mass is 32.1. The Morgan fingerprint density at radius 2 is 2.00 bits per heavy atom. The van der Waals surface area contributed by atoms with Gasteiger partial charge in [-0.25, -0.2) is 4.98 Å². The van der Waals surface area contributed by atoms with Crippen LogP contribution < -0.4 is 10.3 Å². The van der Waals surface area contributed by atoms with Gasteiger partial charge in [-0.2, -0.15) is 0 Å². The second-order valence-electron chi connectivity index (χ2n) is 8.07. The molecule has 0 saturated heterocycles. The number of ether oxygens (including phenoxy) is 2. The molecule has 0 bridgehead atoms. The molecule has 0 aliphatic carbocycles. The molecule has 2 N–H and O–H groups in total. The number of aliphatic hydroxyl groups is 1. The Morgan fingerprint density at radius 3 is 2.71 bits per heavy atom. The van der Waals surface area contributed by atoms with Crippen LogP contribution in [0.3, 0.4) is 0 Å². The van der Waals surface area contributed by atoms with E-state index >= 15 is 0 Å². The van der Waals surface area contributed by atoms with E-state index in [1.54, 1.807) is 14.2 Å². The molecule has 31 heavy (non-hydrogen) atoms. The average Bonchev–Trinajstić information content (AvgIpc) is 3.16. The van der Waals surface area contributed by atoms with Crippen molar-refractivity contribution in [1.82, 2.24) is 14.9 Å². The molecule has 0 fully saturated rings. The van der Waals surface area contributed by atoms with Crippen LogP contribution in [0.2, 0.25) is 0 Å². The minimum Gasteiger partial charge on any atom is -0.496 e. The zero-order valence-corrected chi connectivity index (χ0v) is 19.4. The number of rotatable bonds is 11. The Labute approximate surface area is 186 Å². The SMILES string of the molecule is COCC(O)CN(CCC(C)C)Cc1nc2scc(-c3ccccc3OC)c2c(=O)[nH]1. The van der Waals surface area contributed by atoms with Crippen LogP contribution in [-0.4, -0.2) is 60.0 Å². The zero-order valence-electron chi connectivity index (χ0n) is 18.6. The standard InChI is InChI=1S/C23H31N3O4S/c1-15(2)9-10-26(11-16(27)13-29-3)12-20-24-22(28)21-18(14-31-23(21)25-20)17-7-5-6-8-19(17)30-4/h5-8,14-16,27H,9-13H2,1-4H3,(H,24,25,28). The van der Waals surface area contributed by atoms with E-state index in [1.807, 2.05) is 29.6 Å². The topological polar surface area (TPSA) is 87.7 Å². The lowest BCUT2D eigenvalue weighted by molar-refractivity contribution is 0.0342. The second kappa shape index (κ2) is 10.9. The molecule has 0 aliphatic rings. The van der Waals surface area contributed by atoms with Gasteiger partial charge in [0.05, 0.1) is 31.8 Å². The Bertz CT molecular complexity index is 1050. The summed E-state index contributed by atoms with van der Waals surface area (Å²) < 4.78 is 10.5. The summed E-state index contributed by atoms with van der Waals surface area (Å²) in [4.78, 5) is 23.5. The Hall–Kier alpha value is -2.26. The van der Waals surface area contributed by atoms with Gasteiger partial charge in [0.1, 0.15) is 16.4 Å². The minimum absolute atomic E-state index is 0.164. The van der Waals surface area contributed by atoms with E-state index in [1.165, 1.54) is 11.3 Å². The summed E-state index contributed by atoms with van der Waals surface area (Å²) in [6.45, 7) is 6.33. The number of thiophene rings is 1. The van der Waals surface area contributed by atoms with Crippen LogP contribution in [0, 0.1) is 5.92 Å². The van der Waals surface area contributed by atoms with E-state index in [2.05, 4.69) is 23.7 Å². The minimum atomic E-state index is -0.591. The number of aliphatic hydroxyl groups excluding tert-OH is 1. The van der Waals surface area contributed by atoms with Crippen molar-refractivity contribution < 1.29 is 14.6 Å². The Kier molecular flexibility index (Phi) is 8.20. The highest BCUT2D eigenvalue weighted by molar-refractivity contribution is 7.17. The molecule has 3 rings (SSSR count). The summed E-state index contributed by atoms with van der Waals surface area (Å²) in [5.74, 6) is 1.86. The van der Waals surface area contributed by atoms with Gasteiger partial charge < -0.3 is 19.6 Å². The predicted molar refractivity (Wildman–Crippen MR) is 125 cm³/mol. The molecular weight excluding hydrogens is 414 g/mol. The van der Waals surface area contributed by atoms with Crippen molar-refractivity contribution in [1.29, 1.82) is 0 Å². The fourth-order valence-electron chi connectivity index (χ4n) is 3.56. The van der Waals surface area contributed by atoms with Gasteiger partial charge in [-0.3, -0.25) is 9.69 Å². The molecule has 2 heterocycles. The average molecular weight is 446 g/mol. The summed E-state index contributed by atoms with van der Waals surface area (Å²) in [7, 11) is 3.20. The van der Waals surface area contributed by atoms with Gasteiger partial charge >= 0.3 is 0 Å². The van der Waals surface area contributed by atoms with Crippen molar-refractivity contribution >= 4 is 21.6 Å². The van der Waals surface area contributed by atoms with Crippen molar-refractivity contribution in [2.24, 2.45) is 5.92 Å². The van der Waals surface area contributed by atoms with E-state index in [0.717, 1.165) is 29.8 Å². The fourth-order valence-corrected chi connectivity index (χ4v) is 4.52. The van der Waals surface area contributed by atoms with E-state index in [9.17, 15) is 9.90 Å². The van der Waals surface area contributed by atoms with E-state index in [4.69, 9.17) is 14.5 Å². The molecule has 0 spiro atoms. The lowest BCUT2D eigenvalue weighted by Gasteiger charge is -2.25. The van der Waals surface area contributed by atoms with Gasteiger partial charge in [0, 0.05) is 30.2 Å². The smallest absolute Gasteiger partial charge is 0.260 e. The van der Waals surface area contributed by atoms with Crippen molar-refractivity contribution in [2.45, 2.75) is 32.9 Å². The number of fused-ring (bicyclic) bond motifs is 1. The quantitative estimate of drug-likeness (QED) is 0.470. The molecule has 0 aliphatic heterocycles. The molecular formula is C23H31N3O4S. The monoisotopic (exact) mass is 445 g/mol. The second-order valence-corrected chi connectivity index (χ2v) is 8.93. The first kappa shape index (κ1) is 23.4. The normalized spacial score (nSPS) is 12.7. The lowest BCUT2D eigenvalue weighted by atomic mass is 10.1. The highest BCUT2D eigenvalue weighted by Crippen LogP contribution is 2.36. The number of aromatic amines is 1. The van der Waals surface area contributed by atoms with Gasteiger partial charge in [0.2, 0.25) is 0 Å². The number of nitrogens with zero attached hydrogens (tertiary/aromatic N) is 2. The van der Waals surface area contributed by atoms with Crippen LogP contribution in [0.15, 0.2) is 34.4 Å². The largest absolute Gasteiger partial charge is 0.496 e. The van der Waals surface area contributed by atoms with Gasteiger partial charge in [0.25, 0.3) is 5.56 Å². The third-order valence-corrected chi connectivity index (χ3v) is 5.99. The molecule has 168 valence electrons. The van der Waals surface area contributed by atoms with E-state index in [-0.39, 0.29) is 12.2 Å². The molecule has 2 aromatic heterocycles. The maximum Gasteiger partial charge on any atom is 0.260 e. The number of nitrogens with one attached hydrogen (secondary N) is 1. The van der Waals surface area contributed by atoms with Crippen LogP contribution in [0.25, 0.3) is 21.3 Å². The molecule has 1 aromatic carbocycles. The molecule has 3 aromatic rings. The first-order valence-corrected chi connectivity index (χ1v) is 11.3. The third kappa shape index (κ3) is 5.92. The van der Waals surface area contributed by atoms with Crippen molar-refractivity contribution in [3.8, 4) is 16.9 Å². The summed E-state index contributed by atoms with van der Waals surface area (Å²) in [6, 6.07) is 7.65. The van der Waals surface area contributed by atoms with Crippen LogP contribution in [0.4, 0.5) is 0 Å².